The van der Waals surface area contributed by atoms with E-state index in [9.17, 15) is 0 Å². The normalized spacial score (nSPS) is 12.5. The summed E-state index contributed by atoms with van der Waals surface area (Å²) in [6.45, 7) is 40.8. The van der Waals surface area contributed by atoms with Crippen molar-refractivity contribution in [3.63, 3.8) is 0 Å². The number of rotatable bonds is 15. The Hall–Kier alpha value is -11.0. The van der Waals surface area contributed by atoms with Gasteiger partial charge in [-0.1, -0.05) is 174 Å². The van der Waals surface area contributed by atoms with Crippen molar-refractivity contribution in [2.75, 3.05) is 0 Å². The summed E-state index contributed by atoms with van der Waals surface area (Å²) in [4.78, 5) is 9.48. The van der Waals surface area contributed by atoms with Crippen molar-refractivity contribution >= 4 is 8.07 Å². The van der Waals surface area contributed by atoms with Gasteiger partial charge in [-0.3, -0.25) is 9.97 Å². The topological polar surface area (TPSA) is 210 Å². The van der Waals surface area contributed by atoms with Gasteiger partial charge >= 0.3 is 0 Å². The number of nitrogens with zero attached hydrogens (tertiary/aromatic N) is 20. The predicted octanol–water partition coefficient (Wildman–Crippen LogP) is 16.7. The van der Waals surface area contributed by atoms with Gasteiger partial charge in [0.25, 0.3) is 0 Å². The van der Waals surface area contributed by atoms with E-state index in [1.165, 1.54) is 22.3 Å². The first-order valence-corrected chi connectivity index (χ1v) is 36.4. The zero-order valence-corrected chi connectivity index (χ0v) is 61.4. The summed E-state index contributed by atoms with van der Waals surface area (Å²) >= 11 is 0. The number of benzene rings is 5. The Balaban J connectivity index is 0.702. The van der Waals surface area contributed by atoms with Gasteiger partial charge in [0.1, 0.15) is 42.2 Å². The third-order valence-electron chi connectivity index (χ3n) is 19.0. The van der Waals surface area contributed by atoms with Crippen LogP contribution in [-0.4, -0.2) is 108 Å². The molecule has 0 aliphatic rings. The highest BCUT2D eigenvalue weighted by atomic mass is 28.3. The van der Waals surface area contributed by atoms with Gasteiger partial charge in [-0.15, -0.1) is 36.1 Å². The zero-order chi connectivity index (χ0) is 70.8. The summed E-state index contributed by atoms with van der Waals surface area (Å²) < 4.78 is 10.7. The first-order valence-electron chi connectivity index (χ1n) is 34.1. The second-order valence-corrected chi connectivity index (χ2v) is 36.8. The van der Waals surface area contributed by atoms with Crippen molar-refractivity contribution in [1.29, 1.82) is 0 Å². The van der Waals surface area contributed by atoms with Gasteiger partial charge in [-0.2, -0.15) is 0 Å². The lowest BCUT2D eigenvalue weighted by Crippen LogP contribution is -2.43. The largest absolute Gasteiger partial charge is 0.254 e. The van der Waals surface area contributed by atoms with E-state index in [1.54, 1.807) is 24.9 Å². The first-order chi connectivity index (χ1) is 47.4. The summed E-state index contributed by atoms with van der Waals surface area (Å²) in [5, 5.41) is 55.2. The van der Waals surface area contributed by atoms with E-state index in [4.69, 9.17) is 35.7 Å². The quantitative estimate of drug-likeness (QED) is 0.0691. The summed E-state index contributed by atoms with van der Waals surface area (Å²) in [5.41, 5.74) is 24.8. The van der Waals surface area contributed by atoms with E-state index in [0.717, 1.165) is 67.6 Å². The van der Waals surface area contributed by atoms with Crippen LogP contribution in [0.5, 0.6) is 0 Å². The summed E-state index contributed by atoms with van der Waals surface area (Å²) in [6.07, 6.45) is 15.1. The van der Waals surface area contributed by atoms with E-state index in [-0.39, 0.29) is 21.7 Å². The number of pyridine rings is 2. The van der Waals surface area contributed by atoms with Gasteiger partial charge in [-0.25, -0.2) is 28.1 Å². The van der Waals surface area contributed by atoms with Gasteiger partial charge in [0.2, 0.25) is 0 Å². The fraction of sp³-hybridized carbons (Fsp3) is 0.316. The van der Waals surface area contributed by atoms with Gasteiger partial charge in [0.05, 0.1) is 82.7 Å². The summed E-state index contributed by atoms with van der Waals surface area (Å²) in [7, 11) is -1.86. The van der Waals surface area contributed by atoms with Crippen LogP contribution in [0.2, 0.25) is 16.6 Å². The lowest BCUT2D eigenvalue weighted by molar-refractivity contribution is 0.566. The second-order valence-electron chi connectivity index (χ2n) is 31.2. The molecule has 0 unspecified atom stereocenters. The van der Waals surface area contributed by atoms with E-state index < -0.39 is 8.07 Å². The molecule has 0 aliphatic carbocycles. The molecular weight excluding hydrogens is 1260 g/mol. The van der Waals surface area contributed by atoms with Crippen LogP contribution < -0.4 is 0 Å². The lowest BCUT2D eigenvalue weighted by Gasteiger charge is -2.38. The van der Waals surface area contributed by atoms with Gasteiger partial charge < -0.3 is 0 Å². The zero-order valence-electron chi connectivity index (χ0n) is 60.4. The van der Waals surface area contributed by atoms with Crippen LogP contribution in [0.25, 0.3) is 102 Å². The van der Waals surface area contributed by atoms with Gasteiger partial charge in [0, 0.05) is 40.2 Å². The smallest absolute Gasteiger partial charge is 0.146 e. The molecule has 0 N–H and O–H groups in total. The average molecular weight is 1340 g/mol. The number of hydrogen-bond donors (Lipinski definition) is 0. The van der Waals surface area contributed by atoms with Crippen molar-refractivity contribution in [1.82, 2.24) is 99.9 Å². The van der Waals surface area contributed by atoms with Crippen molar-refractivity contribution < 1.29 is 0 Å². The van der Waals surface area contributed by atoms with E-state index in [1.807, 2.05) is 126 Å². The summed E-state index contributed by atoms with van der Waals surface area (Å²) in [6, 6.07) is 43.3. The number of aromatic nitrogens is 20. The molecular formula is C79H86N20Si. The molecule has 21 heteroatoms. The predicted molar refractivity (Wildman–Crippen MR) is 397 cm³/mol. The Morgan fingerprint density at radius 1 is 0.290 bits per heavy atom. The van der Waals surface area contributed by atoms with Gasteiger partial charge in [-0.05, 0) is 176 Å². The van der Waals surface area contributed by atoms with E-state index in [2.05, 4.69) is 227 Å². The summed E-state index contributed by atoms with van der Waals surface area (Å²) in [5.74, 6) is 3.49. The lowest BCUT2D eigenvalue weighted by atomic mass is 9.80. The van der Waals surface area contributed by atoms with Crippen molar-refractivity contribution in [2.24, 2.45) is 0 Å². The monoisotopic (exact) mass is 1340 g/mol. The minimum atomic E-state index is -1.86. The Morgan fingerprint density at radius 2 is 0.570 bits per heavy atom. The Labute approximate surface area is 586 Å². The molecule has 0 saturated carbocycles. The third-order valence-corrected chi connectivity index (χ3v) is 25.3. The molecule has 0 aliphatic heterocycles. The minimum Gasteiger partial charge on any atom is -0.254 e. The molecule has 8 aromatic heterocycles. The van der Waals surface area contributed by atoms with Crippen LogP contribution in [0.1, 0.15) is 152 Å². The van der Waals surface area contributed by atoms with Crippen LogP contribution >= 0.6 is 0 Å². The highest BCUT2D eigenvalue weighted by Crippen LogP contribution is 2.42. The molecule has 5 aromatic carbocycles. The molecule has 0 amide bonds. The molecule has 20 nitrogen and oxygen atoms in total. The molecule has 0 radical (unpaired) electrons. The fourth-order valence-corrected chi connectivity index (χ4v) is 18.1. The molecule has 100 heavy (non-hydrogen) atoms. The molecule has 13 aromatic rings. The Bertz CT molecular complexity index is 4930. The minimum absolute atomic E-state index is 0.0759. The van der Waals surface area contributed by atoms with Gasteiger partial charge in [0.15, 0.2) is 0 Å². The molecule has 8 heterocycles. The highest BCUT2D eigenvalue weighted by Gasteiger charge is 2.42. The van der Waals surface area contributed by atoms with Crippen LogP contribution in [0.4, 0.5) is 0 Å². The van der Waals surface area contributed by atoms with Crippen molar-refractivity contribution in [2.45, 2.75) is 163 Å². The van der Waals surface area contributed by atoms with Crippen LogP contribution in [0.15, 0.2) is 177 Å². The maximum absolute atomic E-state index is 4.79. The first kappa shape index (κ1) is 67.6. The SMILES string of the molecule is CC(C)[Si](C#Cc1ccc(-c2cn(-c3ccc(-n4cc(-c5ccc(-c6cn(-c7ccc(-n8cc(-c9cc(-c%10cn(-c%11cc(C(C)(C)C)cc(C(C)(C)C)c%11)nn%10)cc(-c%10cn(-c%11cc(C(C)(C)C)cc(C(C)(C)C)c%11)nn%10)c9)nn8)cc7)nn6)nc5)nn4)cc3)nn2)nc1)(C(C)C)C(C)C. The Kier molecular flexibility index (Phi) is 17.6. The molecule has 506 valence electrons. The molecule has 0 saturated heterocycles. The second kappa shape index (κ2) is 26.0. The highest BCUT2D eigenvalue weighted by molar-refractivity contribution is 6.90. The molecule has 0 fully saturated rings. The van der Waals surface area contributed by atoms with Crippen LogP contribution in [0, 0.1) is 11.5 Å². The van der Waals surface area contributed by atoms with Crippen molar-refractivity contribution in [3.8, 4) is 113 Å². The molecule has 13 rings (SSSR count). The average Bonchev–Trinajstić information content (AvgIpc) is 1.08. The third kappa shape index (κ3) is 13.9. The van der Waals surface area contributed by atoms with Crippen LogP contribution in [0.3, 0.4) is 0 Å². The molecule has 0 atom stereocenters. The van der Waals surface area contributed by atoms with Crippen molar-refractivity contribution in [3.05, 3.63) is 205 Å². The number of hydrogen-bond acceptors (Lipinski definition) is 14. The molecule has 0 spiro atoms. The van der Waals surface area contributed by atoms with E-state index in [0.29, 0.717) is 56.5 Å². The van der Waals surface area contributed by atoms with E-state index >= 15 is 0 Å². The Morgan fingerprint density at radius 3 is 0.850 bits per heavy atom. The van der Waals surface area contributed by atoms with Crippen LogP contribution in [-0.2, 0) is 21.7 Å². The maximum Gasteiger partial charge on any atom is 0.146 e. The fourth-order valence-electron chi connectivity index (χ4n) is 12.8. The maximum atomic E-state index is 4.79. The molecule has 0 bridgehead atoms. The standard InChI is InChI=1S/C79H86N20Si/c1-50(2)100(51(3)4,52(5)6)32-31-53-19-29-68(80-42-53)74-48-96(92-86-74)64-25-21-62(22-26-64)94-44-70(82-88-94)54-20-30-69(81-43-54)75-49-97(93-87-75)65-27-23-63(24-28-65)95-45-71(83-89-95)55-33-56(72-46-98(90-84-72)66-38-58(76(7,8)9)36-59(39-66)77(10,11)12)35-57(34-55)73-47-99(91-85-73)67-40-60(78(13,14)15)37-61(41-67)79(16,17)18/h19-30,33-52H,1-18H3.